The van der Waals surface area contributed by atoms with Crippen molar-refractivity contribution >= 4 is 26.9 Å². The lowest BCUT2D eigenvalue weighted by Gasteiger charge is -2.45. The number of hydrogen-bond acceptors (Lipinski definition) is 8. The van der Waals surface area contributed by atoms with Crippen LogP contribution in [0.1, 0.15) is 111 Å². The molecular formula is C30H57N3O7Si. The van der Waals surface area contributed by atoms with Crippen LogP contribution >= 0.6 is 0 Å². The molecule has 11 heteroatoms. The third-order valence-corrected chi connectivity index (χ3v) is 10.9. The average Bonchev–Trinajstić information content (AvgIpc) is 2.92. The molecule has 0 bridgehead atoms. The van der Waals surface area contributed by atoms with Gasteiger partial charge < -0.3 is 28.6 Å². The van der Waals surface area contributed by atoms with Gasteiger partial charge in [-0.05, 0) is 68.6 Å². The highest BCUT2D eigenvalue weighted by atomic mass is 28.4. The van der Waals surface area contributed by atoms with Crippen LogP contribution in [0, 0.1) is 10.8 Å². The summed E-state index contributed by atoms with van der Waals surface area (Å²) in [5, 5.41) is 5.95. The predicted octanol–water partition coefficient (Wildman–Crippen LogP) is 5.92. The van der Waals surface area contributed by atoms with Crippen molar-refractivity contribution in [2.24, 2.45) is 15.8 Å². The molecule has 238 valence electrons. The van der Waals surface area contributed by atoms with Crippen molar-refractivity contribution < 1.29 is 32.4 Å². The van der Waals surface area contributed by atoms with E-state index in [1.165, 1.54) is 6.42 Å². The molecule has 3 unspecified atom stereocenters. The molecule has 0 aromatic rings. The lowest BCUT2D eigenvalue weighted by molar-refractivity contribution is -0.121. The zero-order valence-electron chi connectivity index (χ0n) is 26.8. The number of carbonyl (C=O) groups excluding carboxylic acids is 3. The van der Waals surface area contributed by atoms with Gasteiger partial charge in [0.05, 0.1) is 6.04 Å². The van der Waals surface area contributed by atoms with Crippen molar-refractivity contribution in [3.05, 3.63) is 0 Å². The molecule has 0 spiro atoms. The summed E-state index contributed by atoms with van der Waals surface area (Å²) in [4.78, 5) is 40.0. The van der Waals surface area contributed by atoms with Crippen molar-refractivity contribution in [2.75, 3.05) is 34.4 Å². The van der Waals surface area contributed by atoms with Crippen LogP contribution in [-0.2, 0) is 27.6 Å². The summed E-state index contributed by atoms with van der Waals surface area (Å²) in [5.74, 6) is 0.0172. The van der Waals surface area contributed by atoms with E-state index in [2.05, 4.69) is 43.3 Å². The molecule has 0 aromatic carbocycles. The van der Waals surface area contributed by atoms with E-state index >= 15 is 0 Å². The highest BCUT2D eigenvalue weighted by Crippen LogP contribution is 2.46. The summed E-state index contributed by atoms with van der Waals surface area (Å²) < 4.78 is 22.1. The maximum Gasteiger partial charge on any atom is 0.500 e. The van der Waals surface area contributed by atoms with Gasteiger partial charge in [-0.3, -0.25) is 4.79 Å². The average molecular weight is 600 g/mol. The summed E-state index contributed by atoms with van der Waals surface area (Å²) in [6.07, 6.45) is 12.4. The number of nitrogens with zero attached hydrogens (tertiary/aromatic N) is 1. The molecule has 1 saturated carbocycles. The Morgan fingerprint density at radius 2 is 1.61 bits per heavy atom. The van der Waals surface area contributed by atoms with Crippen molar-refractivity contribution in [1.82, 2.24) is 10.6 Å². The number of hydrogen-bond donors (Lipinski definition) is 2. The van der Waals surface area contributed by atoms with Crippen molar-refractivity contribution in [1.29, 1.82) is 0 Å². The summed E-state index contributed by atoms with van der Waals surface area (Å²) >= 11 is 0. The van der Waals surface area contributed by atoms with Crippen molar-refractivity contribution in [3.63, 3.8) is 0 Å². The lowest BCUT2D eigenvalue weighted by Crippen LogP contribution is -2.45. The minimum Gasteiger partial charge on any atom is -0.446 e. The van der Waals surface area contributed by atoms with E-state index in [-0.39, 0.29) is 28.9 Å². The lowest BCUT2D eigenvalue weighted by atomic mass is 9.63. The molecule has 1 fully saturated rings. The predicted molar refractivity (Wildman–Crippen MR) is 162 cm³/mol. The highest BCUT2D eigenvalue weighted by molar-refractivity contribution is 6.60. The van der Waals surface area contributed by atoms with Crippen molar-refractivity contribution in [3.8, 4) is 0 Å². The molecule has 0 radical (unpaired) electrons. The second-order valence-electron chi connectivity index (χ2n) is 12.7. The summed E-state index contributed by atoms with van der Waals surface area (Å²) in [6, 6.07) is 0.569. The third-order valence-electron chi connectivity index (χ3n) is 8.06. The smallest absolute Gasteiger partial charge is 0.446 e. The highest BCUT2D eigenvalue weighted by Gasteiger charge is 2.41. The molecule has 1 aliphatic carbocycles. The van der Waals surface area contributed by atoms with E-state index in [1.54, 1.807) is 27.4 Å². The molecule has 0 heterocycles. The number of amides is 2. The van der Waals surface area contributed by atoms with Gasteiger partial charge in [0.1, 0.15) is 6.10 Å². The molecule has 41 heavy (non-hydrogen) atoms. The fraction of sp³-hybridized carbons (Fsp3) is 0.900. The normalized spacial score (nSPS) is 21.0. The molecule has 3 atom stereocenters. The van der Waals surface area contributed by atoms with E-state index < -0.39 is 14.9 Å². The first-order valence-corrected chi connectivity index (χ1v) is 17.3. The number of isocyanates is 1. The van der Waals surface area contributed by atoms with Gasteiger partial charge in [-0.25, -0.2) is 14.6 Å². The monoisotopic (exact) mass is 599 g/mol. The van der Waals surface area contributed by atoms with Gasteiger partial charge in [0.25, 0.3) is 0 Å². The van der Waals surface area contributed by atoms with Gasteiger partial charge >= 0.3 is 14.9 Å². The summed E-state index contributed by atoms with van der Waals surface area (Å²) in [5.41, 5.74) is -0.141. The van der Waals surface area contributed by atoms with Crippen LogP contribution in [0.2, 0.25) is 6.04 Å². The summed E-state index contributed by atoms with van der Waals surface area (Å²) in [7, 11) is 2.14. The maximum absolute atomic E-state index is 12.8. The molecule has 1 rings (SSSR count). The molecule has 0 aliphatic heterocycles. The number of aliphatic imine (C=N–C) groups is 1. The Bertz CT molecular complexity index is 810. The third kappa shape index (κ3) is 15.3. The topological polar surface area (TPSA) is 125 Å². The SMILES string of the molecule is CCCCCCC(CCCCC(=O)NCCC[Si](OC)(OC)OC)OC(=O)NCC1(C)CC(N=C=O)CC(C)(C)C1. The Morgan fingerprint density at radius 1 is 0.951 bits per heavy atom. The van der Waals surface area contributed by atoms with E-state index in [1.807, 2.05) is 0 Å². The fourth-order valence-corrected chi connectivity index (χ4v) is 7.98. The molecule has 2 amide bonds. The van der Waals surface area contributed by atoms with E-state index in [4.69, 9.17) is 18.0 Å². The minimum atomic E-state index is -2.61. The Balaban J connectivity index is 2.49. The first-order valence-electron chi connectivity index (χ1n) is 15.4. The van der Waals surface area contributed by atoms with Gasteiger partial charge in [0, 0.05) is 46.9 Å². The number of nitrogens with one attached hydrogen (secondary N) is 2. The molecular weight excluding hydrogens is 542 g/mol. The van der Waals surface area contributed by atoms with Crippen LogP contribution in [0.3, 0.4) is 0 Å². The minimum absolute atomic E-state index is 0.0172. The van der Waals surface area contributed by atoms with Crippen LogP contribution in [0.4, 0.5) is 4.79 Å². The summed E-state index contributed by atoms with van der Waals surface area (Å²) in [6.45, 7) is 9.70. The molecule has 2 N–H and O–H groups in total. The van der Waals surface area contributed by atoms with Gasteiger partial charge in [0.2, 0.25) is 12.0 Å². The molecule has 0 saturated heterocycles. The number of ether oxygens (including phenoxy) is 1. The van der Waals surface area contributed by atoms with Crippen LogP contribution in [0.15, 0.2) is 4.99 Å². The van der Waals surface area contributed by atoms with Gasteiger partial charge in [-0.2, -0.15) is 0 Å². The molecule has 1 aliphatic rings. The fourth-order valence-electron chi connectivity index (χ4n) is 6.25. The second kappa shape index (κ2) is 19.4. The van der Waals surface area contributed by atoms with E-state index in [0.29, 0.717) is 25.6 Å². The number of carbonyl (C=O) groups is 2. The zero-order chi connectivity index (χ0) is 30.8. The van der Waals surface area contributed by atoms with Gasteiger partial charge in [-0.15, -0.1) is 0 Å². The van der Waals surface area contributed by atoms with E-state index in [9.17, 15) is 14.4 Å². The molecule has 0 aromatic heterocycles. The first kappa shape index (κ1) is 37.2. The Morgan fingerprint density at radius 3 is 2.22 bits per heavy atom. The van der Waals surface area contributed by atoms with E-state index in [0.717, 1.165) is 70.6 Å². The number of rotatable bonds is 21. The first-order chi connectivity index (χ1) is 19.5. The second-order valence-corrected chi connectivity index (χ2v) is 15.7. The van der Waals surface area contributed by atoms with Crippen LogP contribution in [-0.4, -0.2) is 73.4 Å². The molecule has 10 nitrogen and oxygen atoms in total. The maximum atomic E-state index is 12.8. The van der Waals surface area contributed by atoms with Crippen LogP contribution < -0.4 is 10.6 Å². The zero-order valence-corrected chi connectivity index (χ0v) is 27.8. The quantitative estimate of drug-likeness (QED) is 0.0726. The standard InChI is InChI=1S/C30H57N3O7Si/c1-8-9-10-11-15-26(16-12-13-17-27(35)31-18-14-19-41(37-5,38-6)39-7)40-28(36)32-23-30(4)21-25(33-24-34)20-29(2,3)22-30/h25-26H,8-23H2,1-7H3,(H,31,35)(H,32,36). The number of unbranched alkanes of at least 4 members (excludes halogenated alkanes) is 4. The Hall–Kier alpha value is -1.78. The Labute approximate surface area is 249 Å². The largest absolute Gasteiger partial charge is 0.500 e. The van der Waals surface area contributed by atoms with Gasteiger partial charge in [0.15, 0.2) is 0 Å². The van der Waals surface area contributed by atoms with Crippen LogP contribution in [0.5, 0.6) is 0 Å². The number of alkyl carbamates (subject to hydrolysis) is 1. The van der Waals surface area contributed by atoms with Crippen molar-refractivity contribution in [2.45, 2.75) is 129 Å². The van der Waals surface area contributed by atoms with Gasteiger partial charge in [-0.1, -0.05) is 47.0 Å². The Kier molecular flexibility index (Phi) is 17.6. The van der Waals surface area contributed by atoms with Crippen LogP contribution in [0.25, 0.3) is 0 Å².